The summed E-state index contributed by atoms with van der Waals surface area (Å²) in [4.78, 5) is 12.2. The summed E-state index contributed by atoms with van der Waals surface area (Å²) in [6.07, 6.45) is 0. The fourth-order valence-electron chi connectivity index (χ4n) is 1.85. The Balaban J connectivity index is 2.27. The zero-order chi connectivity index (χ0) is 15.4. The number of nitro groups is 1. The van der Waals surface area contributed by atoms with Crippen LogP contribution in [0.1, 0.15) is 5.56 Å². The zero-order valence-corrected chi connectivity index (χ0v) is 11.7. The molecular weight excluding hydrogens is 268 g/mol. The highest BCUT2D eigenvalue weighted by atomic mass is 16.6. The highest BCUT2D eigenvalue weighted by Gasteiger charge is 2.10. The molecule has 2 aromatic carbocycles. The van der Waals surface area contributed by atoms with Crippen molar-refractivity contribution in [2.24, 2.45) is 0 Å². The Labute approximate surface area is 122 Å². The lowest BCUT2D eigenvalue weighted by Crippen LogP contribution is -2.08. The molecular formula is C15H14N4O2. The van der Waals surface area contributed by atoms with E-state index in [1.165, 1.54) is 18.2 Å². The van der Waals surface area contributed by atoms with Crippen molar-refractivity contribution in [1.82, 2.24) is 0 Å². The van der Waals surface area contributed by atoms with E-state index in [0.29, 0.717) is 5.69 Å². The number of rotatable bonds is 4. The van der Waals surface area contributed by atoms with E-state index in [4.69, 9.17) is 5.26 Å². The Morgan fingerprint density at radius 1 is 1.19 bits per heavy atom. The Morgan fingerprint density at radius 2 is 1.86 bits per heavy atom. The monoisotopic (exact) mass is 282 g/mol. The van der Waals surface area contributed by atoms with E-state index in [9.17, 15) is 10.1 Å². The molecule has 6 nitrogen and oxygen atoms in total. The molecule has 0 radical (unpaired) electrons. The van der Waals surface area contributed by atoms with E-state index in [1.54, 1.807) is 0 Å². The van der Waals surface area contributed by atoms with Gasteiger partial charge in [-0.2, -0.15) is 5.26 Å². The normalized spacial score (nSPS) is 9.76. The van der Waals surface area contributed by atoms with Crippen LogP contribution < -0.4 is 10.2 Å². The SMILES string of the molecule is CN(C)c1ccc(Nc2ccc([N+](=O)[O-])cc2C#N)cc1. The number of hydrogen-bond acceptors (Lipinski definition) is 5. The van der Waals surface area contributed by atoms with E-state index in [1.807, 2.05) is 49.3 Å². The van der Waals surface area contributed by atoms with Crippen molar-refractivity contribution in [3.63, 3.8) is 0 Å². The molecule has 0 fully saturated rings. The molecule has 0 aromatic heterocycles. The van der Waals surface area contributed by atoms with Crippen LogP contribution in [-0.2, 0) is 0 Å². The maximum absolute atomic E-state index is 10.7. The second kappa shape index (κ2) is 5.92. The molecule has 6 heteroatoms. The quantitative estimate of drug-likeness (QED) is 0.687. The van der Waals surface area contributed by atoms with Crippen molar-refractivity contribution in [2.45, 2.75) is 0 Å². The van der Waals surface area contributed by atoms with Gasteiger partial charge >= 0.3 is 0 Å². The average molecular weight is 282 g/mol. The van der Waals surface area contributed by atoms with Crippen LogP contribution in [0.2, 0.25) is 0 Å². The first-order valence-corrected chi connectivity index (χ1v) is 6.24. The van der Waals surface area contributed by atoms with E-state index < -0.39 is 4.92 Å². The first-order chi connectivity index (χ1) is 10.0. The Kier molecular flexibility index (Phi) is 4.05. The van der Waals surface area contributed by atoms with Gasteiger partial charge in [0.1, 0.15) is 6.07 Å². The molecule has 0 saturated heterocycles. The van der Waals surface area contributed by atoms with Crippen molar-refractivity contribution in [3.8, 4) is 6.07 Å². The molecule has 106 valence electrons. The zero-order valence-electron chi connectivity index (χ0n) is 11.7. The van der Waals surface area contributed by atoms with Crippen LogP contribution in [-0.4, -0.2) is 19.0 Å². The summed E-state index contributed by atoms with van der Waals surface area (Å²) in [6.45, 7) is 0. The molecule has 1 N–H and O–H groups in total. The number of nitriles is 1. The van der Waals surface area contributed by atoms with Crippen LogP contribution in [0.5, 0.6) is 0 Å². The fraction of sp³-hybridized carbons (Fsp3) is 0.133. The van der Waals surface area contributed by atoms with Crippen molar-refractivity contribution in [1.29, 1.82) is 5.26 Å². The molecule has 0 aliphatic heterocycles. The van der Waals surface area contributed by atoms with Gasteiger partial charge in [0.2, 0.25) is 0 Å². The highest BCUT2D eigenvalue weighted by Crippen LogP contribution is 2.25. The van der Waals surface area contributed by atoms with Crippen molar-refractivity contribution >= 4 is 22.7 Å². The van der Waals surface area contributed by atoms with Gasteiger partial charge in [-0.1, -0.05) is 0 Å². The minimum absolute atomic E-state index is 0.0972. The smallest absolute Gasteiger partial charge is 0.270 e. The number of non-ortho nitro benzene ring substituents is 1. The molecule has 0 aliphatic carbocycles. The Morgan fingerprint density at radius 3 is 2.38 bits per heavy atom. The van der Waals surface area contributed by atoms with Crippen LogP contribution in [0.3, 0.4) is 0 Å². The number of benzene rings is 2. The first-order valence-electron chi connectivity index (χ1n) is 6.24. The van der Waals surface area contributed by atoms with E-state index in [-0.39, 0.29) is 11.3 Å². The predicted octanol–water partition coefficient (Wildman–Crippen LogP) is 3.28. The minimum atomic E-state index is -0.517. The molecule has 0 spiro atoms. The Bertz CT molecular complexity index is 703. The van der Waals surface area contributed by atoms with Crippen LogP contribution in [0.25, 0.3) is 0 Å². The number of nitro benzene ring substituents is 1. The first kappa shape index (κ1) is 14.3. The highest BCUT2D eigenvalue weighted by molar-refractivity contribution is 5.69. The number of hydrogen-bond donors (Lipinski definition) is 1. The van der Waals surface area contributed by atoms with Crippen LogP contribution in [0.4, 0.5) is 22.7 Å². The molecule has 2 aromatic rings. The fourth-order valence-corrected chi connectivity index (χ4v) is 1.85. The summed E-state index contributed by atoms with van der Waals surface area (Å²) >= 11 is 0. The maximum Gasteiger partial charge on any atom is 0.270 e. The molecule has 2 rings (SSSR count). The van der Waals surface area contributed by atoms with Gasteiger partial charge in [-0.15, -0.1) is 0 Å². The van der Waals surface area contributed by atoms with Gasteiger partial charge in [-0.05, 0) is 30.3 Å². The standard InChI is InChI=1S/C15H14N4O2/c1-18(2)13-5-3-12(4-6-13)17-15-8-7-14(19(20)21)9-11(15)10-16/h3-9,17H,1-2H3. The maximum atomic E-state index is 10.7. The molecule has 0 amide bonds. The third-order valence-electron chi connectivity index (χ3n) is 3.00. The molecule has 0 saturated carbocycles. The third-order valence-corrected chi connectivity index (χ3v) is 3.00. The summed E-state index contributed by atoms with van der Waals surface area (Å²) in [7, 11) is 3.90. The third kappa shape index (κ3) is 3.28. The second-order valence-corrected chi connectivity index (χ2v) is 4.67. The lowest BCUT2D eigenvalue weighted by molar-refractivity contribution is -0.384. The van der Waals surface area contributed by atoms with E-state index >= 15 is 0 Å². The van der Waals surface area contributed by atoms with Gasteiger partial charge in [0.25, 0.3) is 5.69 Å². The van der Waals surface area contributed by atoms with Crippen molar-refractivity contribution in [3.05, 3.63) is 58.1 Å². The number of nitrogens with one attached hydrogen (secondary N) is 1. The molecule has 0 bridgehead atoms. The van der Waals surface area contributed by atoms with Crippen molar-refractivity contribution in [2.75, 3.05) is 24.3 Å². The summed E-state index contributed by atoms with van der Waals surface area (Å²) in [5, 5.41) is 22.9. The average Bonchev–Trinajstić information content (AvgIpc) is 2.48. The lowest BCUT2D eigenvalue weighted by atomic mass is 10.1. The van der Waals surface area contributed by atoms with Crippen LogP contribution in [0.15, 0.2) is 42.5 Å². The Hall–Kier alpha value is -3.07. The van der Waals surface area contributed by atoms with Gasteiger partial charge in [0.15, 0.2) is 0 Å². The van der Waals surface area contributed by atoms with E-state index in [0.717, 1.165) is 11.4 Å². The molecule has 0 atom stereocenters. The number of nitrogens with zero attached hydrogens (tertiary/aromatic N) is 3. The van der Waals surface area contributed by atoms with Gasteiger partial charge in [-0.3, -0.25) is 10.1 Å². The van der Waals surface area contributed by atoms with E-state index in [2.05, 4.69) is 5.32 Å². The van der Waals surface area contributed by atoms with Gasteiger partial charge in [0.05, 0.1) is 16.2 Å². The molecule has 0 aliphatic rings. The molecule has 0 unspecified atom stereocenters. The predicted molar refractivity (Wildman–Crippen MR) is 81.9 cm³/mol. The largest absolute Gasteiger partial charge is 0.378 e. The summed E-state index contributed by atoms with van der Waals surface area (Å²) in [5.74, 6) is 0. The van der Waals surface area contributed by atoms with Gasteiger partial charge < -0.3 is 10.2 Å². The number of anilines is 3. The topological polar surface area (TPSA) is 82.2 Å². The lowest BCUT2D eigenvalue weighted by Gasteiger charge is -2.13. The molecule has 0 heterocycles. The van der Waals surface area contributed by atoms with Crippen LogP contribution >= 0.6 is 0 Å². The van der Waals surface area contributed by atoms with Crippen molar-refractivity contribution < 1.29 is 4.92 Å². The van der Waals surface area contributed by atoms with Crippen LogP contribution in [0, 0.1) is 21.4 Å². The minimum Gasteiger partial charge on any atom is -0.378 e. The summed E-state index contributed by atoms with van der Waals surface area (Å²) in [5.41, 5.74) is 2.55. The van der Waals surface area contributed by atoms with Gasteiger partial charge in [0, 0.05) is 37.6 Å². The summed E-state index contributed by atoms with van der Waals surface area (Å²) in [6, 6.07) is 13.8. The molecule has 21 heavy (non-hydrogen) atoms. The van der Waals surface area contributed by atoms with Gasteiger partial charge in [-0.25, -0.2) is 0 Å². The summed E-state index contributed by atoms with van der Waals surface area (Å²) < 4.78 is 0. The second-order valence-electron chi connectivity index (χ2n) is 4.67.